The molecule has 1 aromatic heterocycles. The molecule has 2 atom stereocenters. The van der Waals surface area contributed by atoms with Crippen molar-refractivity contribution in [3.8, 4) is 0 Å². The number of pyridine rings is 1. The lowest BCUT2D eigenvalue weighted by Gasteiger charge is -2.28. The molecule has 136 valence electrons. The van der Waals surface area contributed by atoms with Crippen LogP contribution in [0.25, 0.3) is 0 Å². The number of hydrogen-bond donors (Lipinski definition) is 2. The van der Waals surface area contributed by atoms with Crippen LogP contribution in [0.15, 0.2) is 48.8 Å². The molecule has 0 spiro atoms. The van der Waals surface area contributed by atoms with Gasteiger partial charge in [-0.25, -0.2) is 9.59 Å². The molecule has 0 unspecified atom stereocenters. The monoisotopic (exact) mass is 355 g/mol. The van der Waals surface area contributed by atoms with E-state index < -0.39 is 5.97 Å². The molecular formula is C19H21N3O4. The molecule has 26 heavy (non-hydrogen) atoms. The summed E-state index contributed by atoms with van der Waals surface area (Å²) in [6, 6.07) is 9.99. The second kappa shape index (κ2) is 7.97. The van der Waals surface area contributed by atoms with Crippen LogP contribution in [0.5, 0.6) is 0 Å². The summed E-state index contributed by atoms with van der Waals surface area (Å²) in [6.07, 6.45) is 4.05. The van der Waals surface area contributed by atoms with E-state index >= 15 is 0 Å². The SMILES string of the molecule is CN(C(=O)NCc1ccc(C(=O)O)cc1)[C@H]1CCO[C@@H]1c1cccnc1. The second-order valence-electron chi connectivity index (χ2n) is 6.21. The van der Waals surface area contributed by atoms with Gasteiger partial charge in [-0.2, -0.15) is 0 Å². The summed E-state index contributed by atoms with van der Waals surface area (Å²) in [5, 5.41) is 11.8. The lowest BCUT2D eigenvalue weighted by molar-refractivity contribution is 0.0697. The van der Waals surface area contributed by atoms with Crippen LogP contribution in [0, 0.1) is 0 Å². The van der Waals surface area contributed by atoms with E-state index in [4.69, 9.17) is 9.84 Å². The smallest absolute Gasteiger partial charge is 0.335 e. The number of rotatable bonds is 5. The number of likely N-dealkylation sites (N-methyl/N-ethyl adjacent to an activating group) is 1. The molecule has 2 amide bonds. The largest absolute Gasteiger partial charge is 0.478 e. The molecule has 7 heteroatoms. The molecule has 1 aliphatic heterocycles. The molecule has 2 N–H and O–H groups in total. The molecule has 0 bridgehead atoms. The molecule has 0 saturated carbocycles. The van der Waals surface area contributed by atoms with Crippen LogP contribution in [0.2, 0.25) is 0 Å². The molecule has 0 aliphatic carbocycles. The summed E-state index contributed by atoms with van der Waals surface area (Å²) in [5.41, 5.74) is 2.02. The van der Waals surface area contributed by atoms with Crippen LogP contribution in [-0.4, -0.2) is 46.7 Å². The summed E-state index contributed by atoms with van der Waals surface area (Å²) in [7, 11) is 1.76. The number of aromatic carboxylic acids is 1. The normalized spacial score (nSPS) is 19.1. The van der Waals surface area contributed by atoms with Gasteiger partial charge < -0.3 is 20.1 Å². The molecule has 1 aliphatic rings. The van der Waals surface area contributed by atoms with Crippen molar-refractivity contribution < 1.29 is 19.4 Å². The minimum Gasteiger partial charge on any atom is -0.478 e. The summed E-state index contributed by atoms with van der Waals surface area (Å²) in [5.74, 6) is -0.969. The van der Waals surface area contributed by atoms with Gasteiger partial charge in [-0.15, -0.1) is 0 Å². The van der Waals surface area contributed by atoms with Crippen molar-refractivity contribution >= 4 is 12.0 Å². The van der Waals surface area contributed by atoms with E-state index in [1.165, 1.54) is 12.1 Å². The van der Waals surface area contributed by atoms with Crippen molar-refractivity contribution in [2.24, 2.45) is 0 Å². The predicted molar refractivity (Wildman–Crippen MR) is 94.7 cm³/mol. The van der Waals surface area contributed by atoms with E-state index in [1.54, 1.807) is 36.5 Å². The van der Waals surface area contributed by atoms with Gasteiger partial charge in [0.1, 0.15) is 6.10 Å². The number of carboxylic acids is 1. The van der Waals surface area contributed by atoms with Crippen LogP contribution in [0.4, 0.5) is 4.79 Å². The van der Waals surface area contributed by atoms with Crippen molar-refractivity contribution in [1.29, 1.82) is 0 Å². The Bertz CT molecular complexity index is 764. The molecule has 1 saturated heterocycles. The predicted octanol–water partition coefficient (Wildman–Crippen LogP) is 2.45. The lowest BCUT2D eigenvalue weighted by atomic mass is 10.0. The quantitative estimate of drug-likeness (QED) is 0.859. The first kappa shape index (κ1) is 17.9. The van der Waals surface area contributed by atoms with Gasteiger partial charge in [0.05, 0.1) is 11.6 Å². The maximum Gasteiger partial charge on any atom is 0.335 e. The standard InChI is InChI=1S/C19H21N3O4/c1-22(16-8-10-26-17(16)15-3-2-9-20-12-15)19(25)21-11-13-4-6-14(7-5-13)18(23)24/h2-7,9,12,16-17H,8,10-11H2,1H3,(H,21,25)(H,23,24)/t16-,17+/m0/s1. The summed E-state index contributed by atoms with van der Waals surface area (Å²) in [6.45, 7) is 0.923. The lowest BCUT2D eigenvalue weighted by Crippen LogP contribution is -2.44. The van der Waals surface area contributed by atoms with Crippen LogP contribution >= 0.6 is 0 Å². The van der Waals surface area contributed by atoms with Gasteiger partial charge in [0, 0.05) is 38.2 Å². The molecular weight excluding hydrogens is 334 g/mol. The zero-order valence-electron chi connectivity index (χ0n) is 14.5. The van der Waals surface area contributed by atoms with Crippen molar-refractivity contribution in [2.45, 2.75) is 25.1 Å². The molecule has 7 nitrogen and oxygen atoms in total. The van der Waals surface area contributed by atoms with Crippen LogP contribution in [-0.2, 0) is 11.3 Å². The Labute approximate surface area is 151 Å². The Kier molecular flexibility index (Phi) is 5.48. The second-order valence-corrected chi connectivity index (χ2v) is 6.21. The van der Waals surface area contributed by atoms with Crippen molar-refractivity contribution in [3.05, 3.63) is 65.5 Å². The molecule has 2 aromatic rings. The summed E-state index contributed by atoms with van der Waals surface area (Å²) < 4.78 is 5.80. The first-order valence-electron chi connectivity index (χ1n) is 8.40. The third-order valence-corrected chi connectivity index (χ3v) is 4.54. The fraction of sp³-hybridized carbons (Fsp3) is 0.316. The number of nitrogens with one attached hydrogen (secondary N) is 1. The highest BCUT2D eigenvalue weighted by atomic mass is 16.5. The third-order valence-electron chi connectivity index (χ3n) is 4.54. The Morgan fingerprint density at radius 1 is 1.31 bits per heavy atom. The number of amides is 2. The topological polar surface area (TPSA) is 91.8 Å². The summed E-state index contributed by atoms with van der Waals surface area (Å²) in [4.78, 5) is 29.2. The zero-order valence-corrected chi connectivity index (χ0v) is 14.5. The fourth-order valence-electron chi connectivity index (χ4n) is 3.06. The first-order chi connectivity index (χ1) is 12.6. The average Bonchev–Trinajstić information content (AvgIpc) is 3.16. The number of hydrogen-bond acceptors (Lipinski definition) is 4. The van der Waals surface area contributed by atoms with E-state index in [1.807, 2.05) is 12.1 Å². The Morgan fingerprint density at radius 3 is 2.73 bits per heavy atom. The first-order valence-corrected chi connectivity index (χ1v) is 8.40. The van der Waals surface area contributed by atoms with E-state index in [2.05, 4.69) is 10.3 Å². The van der Waals surface area contributed by atoms with Crippen molar-refractivity contribution in [2.75, 3.05) is 13.7 Å². The molecule has 3 rings (SSSR count). The van der Waals surface area contributed by atoms with Gasteiger partial charge >= 0.3 is 12.0 Å². The highest BCUT2D eigenvalue weighted by molar-refractivity contribution is 5.87. The third kappa shape index (κ3) is 4.00. The number of aromatic nitrogens is 1. The molecule has 1 fully saturated rings. The zero-order chi connectivity index (χ0) is 18.5. The Morgan fingerprint density at radius 2 is 2.08 bits per heavy atom. The minimum atomic E-state index is -0.969. The molecule has 0 radical (unpaired) electrons. The number of carboxylic acid groups (broad SMARTS) is 1. The van der Waals surface area contributed by atoms with E-state index in [-0.39, 0.29) is 23.7 Å². The van der Waals surface area contributed by atoms with E-state index in [0.29, 0.717) is 13.2 Å². The van der Waals surface area contributed by atoms with Gasteiger partial charge in [-0.1, -0.05) is 18.2 Å². The van der Waals surface area contributed by atoms with Crippen LogP contribution in [0.3, 0.4) is 0 Å². The van der Waals surface area contributed by atoms with Crippen molar-refractivity contribution in [3.63, 3.8) is 0 Å². The Balaban J connectivity index is 1.59. The minimum absolute atomic E-state index is 0.0615. The number of urea groups is 1. The van der Waals surface area contributed by atoms with Crippen LogP contribution in [0.1, 0.15) is 34.0 Å². The maximum absolute atomic E-state index is 12.5. The van der Waals surface area contributed by atoms with Gasteiger partial charge in [-0.05, 0) is 30.2 Å². The van der Waals surface area contributed by atoms with Gasteiger partial charge in [0.2, 0.25) is 0 Å². The van der Waals surface area contributed by atoms with Gasteiger partial charge in [-0.3, -0.25) is 4.98 Å². The number of ether oxygens (including phenoxy) is 1. The fourth-order valence-corrected chi connectivity index (χ4v) is 3.06. The summed E-state index contributed by atoms with van der Waals surface area (Å²) >= 11 is 0. The molecule has 2 heterocycles. The highest BCUT2D eigenvalue weighted by Crippen LogP contribution is 2.31. The van der Waals surface area contributed by atoms with Gasteiger partial charge in [0.25, 0.3) is 0 Å². The Hall–Kier alpha value is -2.93. The van der Waals surface area contributed by atoms with Crippen molar-refractivity contribution in [1.82, 2.24) is 15.2 Å². The molecule has 1 aromatic carbocycles. The highest BCUT2D eigenvalue weighted by Gasteiger charge is 2.34. The number of nitrogens with zero attached hydrogens (tertiary/aromatic N) is 2. The number of carbonyl (C=O) groups is 2. The number of benzene rings is 1. The van der Waals surface area contributed by atoms with Crippen LogP contribution < -0.4 is 5.32 Å². The van der Waals surface area contributed by atoms with E-state index in [9.17, 15) is 9.59 Å². The van der Waals surface area contributed by atoms with E-state index in [0.717, 1.165) is 17.5 Å². The number of carbonyl (C=O) groups excluding carboxylic acids is 1. The maximum atomic E-state index is 12.5. The average molecular weight is 355 g/mol. The van der Waals surface area contributed by atoms with Gasteiger partial charge in [0.15, 0.2) is 0 Å².